The van der Waals surface area contributed by atoms with Crippen LogP contribution in [-0.2, 0) is 4.79 Å². The Morgan fingerprint density at radius 1 is 1.00 bits per heavy atom. The molecule has 32 heavy (non-hydrogen) atoms. The highest BCUT2D eigenvalue weighted by Gasteiger charge is 2.45. The number of para-hydroxylation sites is 3. The molecule has 1 N–H and O–H groups in total. The summed E-state index contributed by atoms with van der Waals surface area (Å²) < 4.78 is 0. The number of rotatable bonds is 3. The van der Waals surface area contributed by atoms with Crippen LogP contribution in [0.4, 0.5) is 11.5 Å². The van der Waals surface area contributed by atoms with Gasteiger partial charge in [-0.05, 0) is 49.4 Å². The molecule has 6 rings (SSSR count). The Bertz CT molecular complexity index is 1150. The van der Waals surface area contributed by atoms with Crippen LogP contribution in [0.15, 0.2) is 54.7 Å². The zero-order chi connectivity index (χ0) is 21.5. The predicted molar refractivity (Wildman–Crippen MR) is 127 cm³/mol. The molecule has 3 aliphatic rings. The van der Waals surface area contributed by atoms with Gasteiger partial charge in [0.05, 0.1) is 17.2 Å². The van der Waals surface area contributed by atoms with Crippen LogP contribution in [-0.4, -0.2) is 52.5 Å². The van der Waals surface area contributed by atoms with Crippen LogP contribution in [0, 0.1) is 0 Å². The number of carbonyl (C=O) groups excluding carboxylic acids is 1. The molecular formula is C26H29N5O. The molecule has 0 bridgehead atoms. The first-order chi connectivity index (χ1) is 15.7. The molecule has 2 fully saturated rings. The number of fused-ring (bicyclic) bond motifs is 2. The second-order valence-corrected chi connectivity index (χ2v) is 9.45. The molecule has 1 spiro atoms. The number of nitrogens with one attached hydrogen (secondary N) is 1. The molecule has 2 saturated heterocycles. The average Bonchev–Trinajstić information content (AvgIpc) is 3.25. The van der Waals surface area contributed by atoms with Gasteiger partial charge in [-0.25, -0.2) is 4.98 Å². The summed E-state index contributed by atoms with van der Waals surface area (Å²) in [6.07, 6.45) is 6.68. The largest absolute Gasteiger partial charge is 0.384 e. The zero-order valence-corrected chi connectivity index (χ0v) is 18.3. The van der Waals surface area contributed by atoms with Crippen molar-refractivity contribution in [3.05, 3.63) is 60.3 Å². The second-order valence-electron chi connectivity index (χ2n) is 9.45. The molecule has 1 amide bonds. The van der Waals surface area contributed by atoms with Crippen LogP contribution in [0.3, 0.4) is 0 Å². The summed E-state index contributed by atoms with van der Waals surface area (Å²) in [7, 11) is 0. The molecule has 164 valence electrons. The summed E-state index contributed by atoms with van der Waals surface area (Å²) in [5, 5.41) is 3.53. The average molecular weight is 428 g/mol. The number of anilines is 2. The first-order valence-corrected chi connectivity index (χ1v) is 11.8. The summed E-state index contributed by atoms with van der Waals surface area (Å²) in [6, 6.07) is 16.6. The Kier molecular flexibility index (Phi) is 4.74. The minimum Gasteiger partial charge on any atom is -0.384 e. The van der Waals surface area contributed by atoms with E-state index in [0.717, 1.165) is 68.7 Å². The Morgan fingerprint density at radius 2 is 1.78 bits per heavy atom. The summed E-state index contributed by atoms with van der Waals surface area (Å²) in [4.78, 5) is 27.2. The summed E-state index contributed by atoms with van der Waals surface area (Å²) in [5.74, 6) is 1.65. The van der Waals surface area contributed by atoms with Gasteiger partial charge in [0.15, 0.2) is 0 Å². The Morgan fingerprint density at radius 3 is 2.66 bits per heavy atom. The van der Waals surface area contributed by atoms with Crippen molar-refractivity contribution < 1.29 is 4.79 Å². The maximum Gasteiger partial charge on any atom is 0.223 e. The molecule has 2 aromatic carbocycles. The van der Waals surface area contributed by atoms with Crippen molar-refractivity contribution in [1.82, 2.24) is 14.9 Å². The Labute approximate surface area is 188 Å². The maximum atomic E-state index is 13.1. The van der Waals surface area contributed by atoms with Crippen LogP contribution < -0.4 is 10.2 Å². The van der Waals surface area contributed by atoms with Gasteiger partial charge >= 0.3 is 0 Å². The zero-order valence-electron chi connectivity index (χ0n) is 18.3. The van der Waals surface area contributed by atoms with Gasteiger partial charge in [-0.2, -0.15) is 0 Å². The van der Waals surface area contributed by atoms with Crippen LogP contribution in [0.25, 0.3) is 11.0 Å². The number of likely N-dealkylation sites (tertiary alicyclic amines) is 1. The van der Waals surface area contributed by atoms with E-state index in [4.69, 9.17) is 4.98 Å². The quantitative estimate of drug-likeness (QED) is 0.679. The van der Waals surface area contributed by atoms with Gasteiger partial charge in [0.25, 0.3) is 0 Å². The van der Waals surface area contributed by atoms with E-state index in [1.54, 1.807) is 0 Å². The minimum absolute atomic E-state index is 0.0202. The van der Waals surface area contributed by atoms with Crippen molar-refractivity contribution in [2.75, 3.05) is 36.4 Å². The standard InChI is InChI=1S/C26H29N5O/c32-25-10-5-11-26(31(25)18-19-16-27-21-7-2-1-6-20(19)21)12-14-30(15-13-26)24-17-28-22-8-3-4-9-23(22)29-24/h1-4,6-9,17,19,27H,5,10-16,18H2. The van der Waals surface area contributed by atoms with E-state index in [0.29, 0.717) is 18.2 Å². The summed E-state index contributed by atoms with van der Waals surface area (Å²) in [6.45, 7) is 3.56. The Balaban J connectivity index is 1.21. The fraction of sp³-hybridized carbons (Fsp3) is 0.423. The molecule has 0 saturated carbocycles. The lowest BCUT2D eigenvalue weighted by Crippen LogP contribution is -2.60. The van der Waals surface area contributed by atoms with E-state index in [-0.39, 0.29) is 5.54 Å². The third-order valence-corrected chi connectivity index (χ3v) is 7.70. The van der Waals surface area contributed by atoms with E-state index in [1.165, 1.54) is 11.3 Å². The molecular weight excluding hydrogens is 398 g/mol. The highest BCUT2D eigenvalue weighted by Crippen LogP contribution is 2.41. The van der Waals surface area contributed by atoms with Gasteiger partial charge in [-0.1, -0.05) is 30.3 Å². The first kappa shape index (κ1) is 19.5. The van der Waals surface area contributed by atoms with Gasteiger partial charge in [-0.3, -0.25) is 9.78 Å². The number of aromatic nitrogens is 2. The molecule has 6 heteroatoms. The number of carbonyl (C=O) groups is 1. The number of benzene rings is 2. The van der Waals surface area contributed by atoms with Crippen molar-refractivity contribution >= 4 is 28.4 Å². The molecule has 6 nitrogen and oxygen atoms in total. The molecule has 1 aromatic heterocycles. The Hall–Kier alpha value is -3.15. The van der Waals surface area contributed by atoms with Crippen molar-refractivity contribution in [3.63, 3.8) is 0 Å². The van der Waals surface area contributed by atoms with E-state index < -0.39 is 0 Å². The maximum absolute atomic E-state index is 13.1. The van der Waals surface area contributed by atoms with Crippen molar-refractivity contribution in [3.8, 4) is 0 Å². The predicted octanol–water partition coefficient (Wildman–Crippen LogP) is 4.19. The highest BCUT2D eigenvalue weighted by molar-refractivity contribution is 5.78. The monoisotopic (exact) mass is 427 g/mol. The van der Waals surface area contributed by atoms with Gasteiger partial charge in [0, 0.05) is 49.7 Å². The fourth-order valence-electron chi connectivity index (χ4n) is 5.91. The number of nitrogens with zero attached hydrogens (tertiary/aromatic N) is 4. The van der Waals surface area contributed by atoms with Gasteiger partial charge in [-0.15, -0.1) is 0 Å². The summed E-state index contributed by atoms with van der Waals surface area (Å²) >= 11 is 0. The normalized spacial score (nSPS) is 22.2. The number of amides is 1. The molecule has 1 unspecified atom stereocenters. The second kappa shape index (κ2) is 7.76. The van der Waals surface area contributed by atoms with Gasteiger partial charge in [0.2, 0.25) is 5.91 Å². The number of hydrogen-bond acceptors (Lipinski definition) is 5. The fourth-order valence-corrected chi connectivity index (χ4v) is 5.91. The van der Waals surface area contributed by atoms with Gasteiger partial charge in [0.1, 0.15) is 5.82 Å². The van der Waals surface area contributed by atoms with Crippen molar-refractivity contribution in [1.29, 1.82) is 0 Å². The molecule has 1 atom stereocenters. The van der Waals surface area contributed by atoms with Crippen molar-refractivity contribution in [2.45, 2.75) is 43.6 Å². The molecule has 3 aliphatic heterocycles. The van der Waals surface area contributed by atoms with Crippen LogP contribution in [0.2, 0.25) is 0 Å². The van der Waals surface area contributed by atoms with Gasteiger partial charge < -0.3 is 15.1 Å². The SMILES string of the molecule is O=C1CCCC2(CCN(c3cnc4ccccc4n3)CC2)N1CC1CNc2ccccc21. The molecule has 0 radical (unpaired) electrons. The lowest BCUT2D eigenvalue weighted by molar-refractivity contribution is -0.143. The van der Waals surface area contributed by atoms with Crippen LogP contribution in [0.1, 0.15) is 43.6 Å². The third kappa shape index (κ3) is 3.29. The van der Waals surface area contributed by atoms with E-state index in [9.17, 15) is 4.79 Å². The first-order valence-electron chi connectivity index (χ1n) is 11.8. The third-order valence-electron chi connectivity index (χ3n) is 7.70. The molecule has 3 aromatic rings. The highest BCUT2D eigenvalue weighted by atomic mass is 16.2. The lowest BCUT2D eigenvalue weighted by Gasteiger charge is -2.52. The minimum atomic E-state index is -0.0202. The van der Waals surface area contributed by atoms with Crippen LogP contribution in [0.5, 0.6) is 0 Å². The number of piperidine rings is 2. The smallest absolute Gasteiger partial charge is 0.223 e. The molecule has 4 heterocycles. The lowest BCUT2D eigenvalue weighted by atomic mass is 9.77. The summed E-state index contributed by atoms with van der Waals surface area (Å²) in [5.41, 5.74) is 4.42. The number of hydrogen-bond donors (Lipinski definition) is 1. The molecule has 0 aliphatic carbocycles. The van der Waals surface area contributed by atoms with Crippen LogP contribution >= 0.6 is 0 Å². The van der Waals surface area contributed by atoms with E-state index in [1.807, 2.05) is 30.5 Å². The van der Waals surface area contributed by atoms with Crippen molar-refractivity contribution in [2.24, 2.45) is 0 Å². The topological polar surface area (TPSA) is 61.4 Å². The van der Waals surface area contributed by atoms with E-state index >= 15 is 0 Å². The van der Waals surface area contributed by atoms with E-state index in [2.05, 4.69) is 44.4 Å².